The van der Waals surface area contributed by atoms with Gasteiger partial charge in [-0.1, -0.05) is 6.92 Å². The Bertz CT molecular complexity index is 514. The Morgan fingerprint density at radius 1 is 1.67 bits per heavy atom. The zero-order valence-electron chi connectivity index (χ0n) is 9.87. The average Bonchev–Trinajstić information content (AvgIpc) is 2.92. The molecule has 0 spiro atoms. The SMILES string of the molecule is CCS(=O)(=O)C1CSCCN1C(=O)c1ncn[nH]1. The number of carbonyl (C=O) groups excluding carboxylic acids is 1. The monoisotopic (exact) mass is 290 g/mol. The van der Waals surface area contributed by atoms with E-state index in [1.165, 1.54) is 11.2 Å². The predicted molar refractivity (Wildman–Crippen MR) is 68.0 cm³/mol. The highest BCUT2D eigenvalue weighted by Crippen LogP contribution is 2.22. The van der Waals surface area contributed by atoms with Gasteiger partial charge in [0.05, 0.1) is 0 Å². The normalized spacial score (nSPS) is 20.9. The third kappa shape index (κ3) is 2.51. The van der Waals surface area contributed by atoms with Crippen LogP contribution in [0.5, 0.6) is 0 Å². The van der Waals surface area contributed by atoms with E-state index >= 15 is 0 Å². The zero-order chi connectivity index (χ0) is 13.2. The van der Waals surface area contributed by atoms with Crippen LogP contribution >= 0.6 is 11.8 Å². The standard InChI is InChI=1S/C9H14N4O3S2/c1-2-18(15,16)7-5-17-4-3-13(7)9(14)8-10-6-11-12-8/h6-7H,2-5H2,1H3,(H,10,11,12). The van der Waals surface area contributed by atoms with Crippen molar-refractivity contribution in [2.24, 2.45) is 0 Å². The first-order chi connectivity index (χ1) is 8.56. The Morgan fingerprint density at radius 2 is 2.44 bits per heavy atom. The summed E-state index contributed by atoms with van der Waals surface area (Å²) < 4.78 is 24.0. The van der Waals surface area contributed by atoms with E-state index in [-0.39, 0.29) is 11.6 Å². The number of H-pyrrole nitrogens is 1. The van der Waals surface area contributed by atoms with Gasteiger partial charge in [0.2, 0.25) is 5.82 Å². The topological polar surface area (TPSA) is 96.0 Å². The Kier molecular flexibility index (Phi) is 3.91. The van der Waals surface area contributed by atoms with Gasteiger partial charge >= 0.3 is 0 Å². The van der Waals surface area contributed by atoms with Crippen LogP contribution in [-0.4, -0.2) is 63.6 Å². The van der Waals surface area contributed by atoms with Crippen LogP contribution in [0.3, 0.4) is 0 Å². The third-order valence-corrected chi connectivity index (χ3v) is 6.07. The summed E-state index contributed by atoms with van der Waals surface area (Å²) in [7, 11) is -3.28. The number of hydrogen-bond donors (Lipinski definition) is 1. The fraction of sp³-hybridized carbons (Fsp3) is 0.667. The van der Waals surface area contributed by atoms with Crippen LogP contribution in [0.25, 0.3) is 0 Å². The van der Waals surface area contributed by atoms with Crippen molar-refractivity contribution in [3.63, 3.8) is 0 Å². The van der Waals surface area contributed by atoms with Gasteiger partial charge in [-0.25, -0.2) is 13.4 Å². The number of nitrogens with one attached hydrogen (secondary N) is 1. The number of amides is 1. The van der Waals surface area contributed by atoms with Crippen LogP contribution < -0.4 is 0 Å². The maximum atomic E-state index is 12.2. The lowest BCUT2D eigenvalue weighted by atomic mass is 10.4. The van der Waals surface area contributed by atoms with E-state index in [2.05, 4.69) is 15.2 Å². The Morgan fingerprint density at radius 3 is 3.06 bits per heavy atom. The van der Waals surface area contributed by atoms with Crippen molar-refractivity contribution >= 4 is 27.5 Å². The summed E-state index contributed by atoms with van der Waals surface area (Å²) in [5, 5.41) is 5.31. The molecule has 100 valence electrons. The van der Waals surface area contributed by atoms with Gasteiger partial charge in [-0.05, 0) is 0 Å². The molecular weight excluding hydrogens is 276 g/mol. The van der Waals surface area contributed by atoms with Crippen molar-refractivity contribution in [3.05, 3.63) is 12.2 Å². The van der Waals surface area contributed by atoms with Gasteiger partial charge in [0.15, 0.2) is 9.84 Å². The minimum Gasteiger partial charge on any atom is -0.317 e. The second kappa shape index (κ2) is 5.27. The molecule has 0 bridgehead atoms. The lowest BCUT2D eigenvalue weighted by Gasteiger charge is -2.33. The van der Waals surface area contributed by atoms with Gasteiger partial charge < -0.3 is 4.90 Å². The Hall–Kier alpha value is -1.09. The number of rotatable bonds is 3. The van der Waals surface area contributed by atoms with Crippen molar-refractivity contribution in [1.29, 1.82) is 0 Å². The largest absolute Gasteiger partial charge is 0.317 e. The predicted octanol–water partition coefficient (Wildman–Crippen LogP) is -0.245. The van der Waals surface area contributed by atoms with Gasteiger partial charge in [-0.3, -0.25) is 9.89 Å². The van der Waals surface area contributed by atoms with E-state index in [1.54, 1.807) is 18.7 Å². The number of carbonyl (C=O) groups is 1. The Balaban J connectivity index is 2.26. The molecule has 0 aliphatic carbocycles. The summed E-state index contributed by atoms with van der Waals surface area (Å²) >= 11 is 1.54. The molecule has 1 N–H and O–H groups in total. The molecule has 1 aliphatic rings. The fourth-order valence-corrected chi connectivity index (χ4v) is 4.71. The second-order valence-corrected chi connectivity index (χ2v) is 7.41. The van der Waals surface area contributed by atoms with E-state index in [4.69, 9.17) is 0 Å². The van der Waals surface area contributed by atoms with E-state index in [1.807, 2.05) is 0 Å². The molecule has 0 aromatic carbocycles. The molecule has 1 fully saturated rings. The van der Waals surface area contributed by atoms with Crippen molar-refractivity contribution in [2.75, 3.05) is 23.8 Å². The molecule has 2 heterocycles. The third-order valence-electron chi connectivity index (χ3n) is 2.78. The molecule has 0 radical (unpaired) electrons. The van der Waals surface area contributed by atoms with E-state index in [0.29, 0.717) is 12.3 Å². The number of nitrogens with zero attached hydrogens (tertiary/aromatic N) is 3. The molecule has 0 saturated carbocycles. The number of thioether (sulfide) groups is 1. The molecule has 1 aliphatic heterocycles. The number of aromatic nitrogens is 3. The quantitative estimate of drug-likeness (QED) is 0.825. The summed E-state index contributed by atoms with van der Waals surface area (Å²) in [6.45, 7) is 2.00. The van der Waals surface area contributed by atoms with Gasteiger partial charge in [-0.15, -0.1) is 0 Å². The van der Waals surface area contributed by atoms with Gasteiger partial charge in [0, 0.05) is 23.8 Å². The molecule has 1 saturated heterocycles. The van der Waals surface area contributed by atoms with Gasteiger partial charge in [-0.2, -0.15) is 16.9 Å². The Labute approximate surface area is 109 Å². The van der Waals surface area contributed by atoms with Crippen LogP contribution in [-0.2, 0) is 9.84 Å². The van der Waals surface area contributed by atoms with Crippen LogP contribution in [0.2, 0.25) is 0 Å². The molecule has 9 heteroatoms. The van der Waals surface area contributed by atoms with Crippen molar-refractivity contribution < 1.29 is 13.2 Å². The maximum Gasteiger partial charge on any atom is 0.292 e. The van der Waals surface area contributed by atoms with Crippen LogP contribution in [0.4, 0.5) is 0 Å². The van der Waals surface area contributed by atoms with E-state index in [0.717, 1.165) is 5.75 Å². The molecular formula is C9H14N4O3S2. The summed E-state index contributed by atoms with van der Waals surface area (Å²) in [5.74, 6) is 0.845. The van der Waals surface area contributed by atoms with Crippen molar-refractivity contribution in [2.45, 2.75) is 12.3 Å². The summed E-state index contributed by atoms with van der Waals surface area (Å²) in [6.07, 6.45) is 1.23. The highest BCUT2D eigenvalue weighted by Gasteiger charge is 2.36. The molecule has 1 amide bonds. The summed E-state index contributed by atoms with van der Waals surface area (Å²) in [5.41, 5.74) is 0. The second-order valence-electron chi connectivity index (χ2n) is 3.81. The minimum absolute atomic E-state index is 0.0262. The molecule has 1 unspecified atom stereocenters. The number of hydrogen-bond acceptors (Lipinski definition) is 6. The van der Waals surface area contributed by atoms with Crippen LogP contribution in [0.15, 0.2) is 6.33 Å². The highest BCUT2D eigenvalue weighted by atomic mass is 32.2. The van der Waals surface area contributed by atoms with Crippen molar-refractivity contribution in [3.8, 4) is 0 Å². The summed E-state index contributed by atoms with van der Waals surface area (Å²) in [6, 6.07) is 0. The molecule has 2 rings (SSSR count). The van der Waals surface area contributed by atoms with Crippen LogP contribution in [0.1, 0.15) is 17.5 Å². The molecule has 18 heavy (non-hydrogen) atoms. The first-order valence-corrected chi connectivity index (χ1v) is 8.39. The maximum absolute atomic E-state index is 12.2. The molecule has 1 atom stereocenters. The molecule has 1 aromatic heterocycles. The fourth-order valence-electron chi connectivity index (χ4n) is 1.75. The molecule has 7 nitrogen and oxygen atoms in total. The minimum atomic E-state index is -3.28. The lowest BCUT2D eigenvalue weighted by molar-refractivity contribution is 0.0737. The first kappa shape index (κ1) is 13.3. The van der Waals surface area contributed by atoms with E-state index in [9.17, 15) is 13.2 Å². The highest BCUT2D eigenvalue weighted by molar-refractivity contribution is 8.01. The van der Waals surface area contributed by atoms with E-state index < -0.39 is 21.1 Å². The molecule has 1 aromatic rings. The number of sulfone groups is 1. The zero-order valence-corrected chi connectivity index (χ0v) is 11.5. The van der Waals surface area contributed by atoms with Crippen LogP contribution in [0, 0.1) is 0 Å². The van der Waals surface area contributed by atoms with Gasteiger partial charge in [0.1, 0.15) is 11.7 Å². The smallest absolute Gasteiger partial charge is 0.292 e. The first-order valence-electron chi connectivity index (χ1n) is 5.52. The number of aromatic amines is 1. The van der Waals surface area contributed by atoms with Gasteiger partial charge in [0.25, 0.3) is 5.91 Å². The lowest BCUT2D eigenvalue weighted by Crippen LogP contribution is -2.50. The van der Waals surface area contributed by atoms with Crippen molar-refractivity contribution in [1.82, 2.24) is 20.1 Å². The average molecular weight is 290 g/mol. The summed E-state index contributed by atoms with van der Waals surface area (Å²) in [4.78, 5) is 17.3.